The number of rotatable bonds is 3. The number of hydrogen-bond donors (Lipinski definition) is 2. The van der Waals surface area contributed by atoms with Crippen molar-refractivity contribution in [2.75, 3.05) is 5.32 Å². The summed E-state index contributed by atoms with van der Waals surface area (Å²) < 4.78 is 0. The molecule has 0 bridgehead atoms. The highest BCUT2D eigenvalue weighted by Crippen LogP contribution is 2.21. The van der Waals surface area contributed by atoms with Gasteiger partial charge in [-0.05, 0) is 54.2 Å². The van der Waals surface area contributed by atoms with Crippen LogP contribution in [0.5, 0.6) is 0 Å². The zero-order valence-electron chi connectivity index (χ0n) is 13.5. The van der Waals surface area contributed by atoms with Gasteiger partial charge in [-0.25, -0.2) is 0 Å². The number of nitrogens with one attached hydrogen (secondary N) is 2. The fraction of sp³-hybridized carbons (Fsp3) is 0.263. The molecule has 0 amide bonds. The molecule has 0 atom stereocenters. The van der Waals surface area contributed by atoms with E-state index in [4.69, 9.17) is 12.2 Å². The lowest BCUT2D eigenvalue weighted by atomic mass is 10.0. The van der Waals surface area contributed by atoms with E-state index in [1.807, 2.05) is 18.2 Å². The van der Waals surface area contributed by atoms with Crippen molar-refractivity contribution in [3.8, 4) is 0 Å². The van der Waals surface area contributed by atoms with Gasteiger partial charge in [-0.15, -0.1) is 0 Å². The Morgan fingerprint density at radius 2 is 1.78 bits per heavy atom. The van der Waals surface area contributed by atoms with Crippen molar-refractivity contribution < 1.29 is 0 Å². The van der Waals surface area contributed by atoms with Crippen LogP contribution in [-0.2, 0) is 6.42 Å². The second-order valence-corrected chi connectivity index (χ2v) is 6.47. The Kier molecular flexibility index (Phi) is 4.72. The molecular formula is C19H21N3S. The normalized spacial score (nSPS) is 14.8. The van der Waals surface area contributed by atoms with Gasteiger partial charge in [0.2, 0.25) is 0 Å². The third-order valence-electron chi connectivity index (χ3n) is 4.09. The van der Waals surface area contributed by atoms with Gasteiger partial charge in [-0.1, -0.05) is 50.2 Å². The third-order valence-corrected chi connectivity index (χ3v) is 4.28. The summed E-state index contributed by atoms with van der Waals surface area (Å²) in [5.41, 5.74) is 8.90. The second kappa shape index (κ2) is 6.92. The van der Waals surface area contributed by atoms with Crippen LogP contribution in [0.15, 0.2) is 53.6 Å². The van der Waals surface area contributed by atoms with E-state index in [1.54, 1.807) is 0 Å². The molecule has 23 heavy (non-hydrogen) atoms. The van der Waals surface area contributed by atoms with E-state index < -0.39 is 0 Å². The highest BCUT2D eigenvalue weighted by atomic mass is 32.1. The van der Waals surface area contributed by atoms with Crippen molar-refractivity contribution in [1.29, 1.82) is 0 Å². The van der Waals surface area contributed by atoms with Crippen LogP contribution >= 0.6 is 12.2 Å². The van der Waals surface area contributed by atoms with E-state index in [9.17, 15) is 0 Å². The van der Waals surface area contributed by atoms with Gasteiger partial charge in [0.15, 0.2) is 5.11 Å². The maximum atomic E-state index is 5.32. The summed E-state index contributed by atoms with van der Waals surface area (Å²) in [6, 6.07) is 16.7. The van der Waals surface area contributed by atoms with Crippen LogP contribution in [0.1, 0.15) is 42.9 Å². The smallest absolute Gasteiger partial charge is 0.191 e. The molecule has 2 aromatic rings. The monoisotopic (exact) mass is 323 g/mol. The molecule has 0 aromatic heterocycles. The molecule has 0 aliphatic heterocycles. The molecule has 0 heterocycles. The minimum Gasteiger partial charge on any atom is -0.331 e. The van der Waals surface area contributed by atoms with Gasteiger partial charge in [0.05, 0.1) is 5.71 Å². The fourth-order valence-electron chi connectivity index (χ4n) is 2.75. The van der Waals surface area contributed by atoms with Gasteiger partial charge >= 0.3 is 0 Å². The molecule has 118 valence electrons. The average molecular weight is 323 g/mol. The average Bonchev–Trinajstić information content (AvgIpc) is 2.97. The van der Waals surface area contributed by atoms with Gasteiger partial charge in [-0.3, -0.25) is 5.43 Å². The van der Waals surface area contributed by atoms with E-state index in [-0.39, 0.29) is 0 Å². The highest BCUT2D eigenvalue weighted by Gasteiger charge is 2.16. The first-order chi connectivity index (χ1) is 11.1. The number of fused-ring (bicyclic) bond motifs is 1. The van der Waals surface area contributed by atoms with Gasteiger partial charge in [0.1, 0.15) is 0 Å². The molecule has 2 aromatic carbocycles. The Morgan fingerprint density at radius 3 is 2.52 bits per heavy atom. The first kappa shape index (κ1) is 15.7. The van der Waals surface area contributed by atoms with Crippen molar-refractivity contribution in [2.45, 2.75) is 32.6 Å². The minimum atomic E-state index is 0.513. The Hall–Kier alpha value is -2.20. The quantitative estimate of drug-likeness (QED) is 0.647. The molecule has 0 spiro atoms. The van der Waals surface area contributed by atoms with Crippen molar-refractivity contribution in [3.05, 3.63) is 65.2 Å². The number of hydrazone groups is 1. The lowest BCUT2D eigenvalue weighted by Crippen LogP contribution is -2.25. The summed E-state index contributed by atoms with van der Waals surface area (Å²) >= 11 is 5.32. The first-order valence-corrected chi connectivity index (χ1v) is 8.36. The molecule has 0 saturated carbocycles. The maximum absolute atomic E-state index is 5.32. The van der Waals surface area contributed by atoms with E-state index in [0.29, 0.717) is 11.0 Å². The summed E-state index contributed by atoms with van der Waals surface area (Å²) in [6.45, 7) is 4.37. The maximum Gasteiger partial charge on any atom is 0.191 e. The Bertz CT molecular complexity index is 733. The summed E-state index contributed by atoms with van der Waals surface area (Å²) in [4.78, 5) is 0. The molecule has 3 rings (SSSR count). The van der Waals surface area contributed by atoms with Crippen LogP contribution in [0, 0.1) is 0 Å². The van der Waals surface area contributed by atoms with Crippen LogP contribution in [-0.4, -0.2) is 10.8 Å². The zero-order chi connectivity index (χ0) is 16.2. The predicted molar refractivity (Wildman–Crippen MR) is 101 cm³/mol. The Balaban J connectivity index is 1.61. The largest absolute Gasteiger partial charge is 0.331 e. The molecule has 4 heteroatoms. The van der Waals surface area contributed by atoms with Crippen molar-refractivity contribution in [1.82, 2.24) is 5.43 Å². The molecule has 1 aliphatic carbocycles. The Labute approximate surface area is 142 Å². The molecule has 0 radical (unpaired) electrons. The topological polar surface area (TPSA) is 36.4 Å². The minimum absolute atomic E-state index is 0.513. The molecule has 3 nitrogen and oxygen atoms in total. The van der Waals surface area contributed by atoms with Crippen LogP contribution in [0.3, 0.4) is 0 Å². The van der Waals surface area contributed by atoms with E-state index in [0.717, 1.165) is 24.2 Å². The lowest BCUT2D eigenvalue weighted by Gasteiger charge is -2.10. The van der Waals surface area contributed by atoms with Gasteiger partial charge in [-0.2, -0.15) is 5.10 Å². The molecule has 1 aliphatic rings. The number of nitrogens with zero attached hydrogens (tertiary/aromatic N) is 1. The molecule has 0 saturated heterocycles. The number of aryl methyl sites for hydroxylation is 1. The number of benzene rings is 2. The highest BCUT2D eigenvalue weighted by molar-refractivity contribution is 7.80. The van der Waals surface area contributed by atoms with Crippen molar-refractivity contribution >= 4 is 28.7 Å². The standard InChI is InChI=1S/C19H21N3S/c1-13(2)14-7-10-16(11-8-14)20-19(23)22-21-18-12-9-15-5-3-4-6-17(15)18/h3-8,10-11,13H,9,12H2,1-2H3,(H2,20,22,23)/b21-18+. The van der Waals surface area contributed by atoms with Gasteiger partial charge in [0, 0.05) is 11.3 Å². The van der Waals surface area contributed by atoms with Gasteiger partial charge < -0.3 is 5.32 Å². The molecule has 0 unspecified atom stereocenters. The predicted octanol–water partition coefficient (Wildman–Crippen LogP) is 4.45. The van der Waals surface area contributed by atoms with E-state index >= 15 is 0 Å². The van der Waals surface area contributed by atoms with E-state index in [2.05, 4.69) is 60.0 Å². The van der Waals surface area contributed by atoms with Crippen molar-refractivity contribution in [3.63, 3.8) is 0 Å². The third kappa shape index (κ3) is 3.77. The SMILES string of the molecule is CC(C)c1ccc(NC(=S)N/N=C2\CCc3ccccc32)cc1. The van der Waals surface area contributed by atoms with Crippen LogP contribution in [0.2, 0.25) is 0 Å². The van der Waals surface area contributed by atoms with Crippen LogP contribution in [0.4, 0.5) is 5.69 Å². The summed E-state index contributed by atoms with van der Waals surface area (Å²) in [5.74, 6) is 0.531. The fourth-order valence-corrected chi connectivity index (χ4v) is 2.92. The van der Waals surface area contributed by atoms with E-state index in [1.165, 1.54) is 16.7 Å². The zero-order valence-corrected chi connectivity index (χ0v) is 14.3. The number of hydrogen-bond acceptors (Lipinski definition) is 2. The molecular weight excluding hydrogens is 302 g/mol. The molecule has 2 N–H and O–H groups in total. The van der Waals surface area contributed by atoms with Gasteiger partial charge in [0.25, 0.3) is 0 Å². The number of anilines is 1. The number of thiocarbonyl (C=S) groups is 1. The van der Waals surface area contributed by atoms with Crippen molar-refractivity contribution in [2.24, 2.45) is 5.10 Å². The first-order valence-electron chi connectivity index (χ1n) is 7.95. The Morgan fingerprint density at radius 1 is 1.04 bits per heavy atom. The summed E-state index contributed by atoms with van der Waals surface area (Å²) in [7, 11) is 0. The lowest BCUT2D eigenvalue weighted by molar-refractivity contribution is 0.867. The summed E-state index contributed by atoms with van der Waals surface area (Å²) in [5, 5.41) is 8.15. The van der Waals surface area contributed by atoms with Crippen LogP contribution < -0.4 is 10.7 Å². The second-order valence-electron chi connectivity index (χ2n) is 6.06. The molecule has 0 fully saturated rings. The van der Waals surface area contributed by atoms with Crippen LogP contribution in [0.25, 0.3) is 0 Å². The summed E-state index contributed by atoms with van der Waals surface area (Å²) in [6.07, 6.45) is 2.01.